The first-order valence-electron chi connectivity index (χ1n) is 24.7. The SMILES string of the molecule is N[C@H]1[C@H](OC[C@H]2O[C@@H](OC[C@H]3O[C@@H](OC[C@H]4O[C@@H](OC[C@H]5OC(O)[C@H](O)[C@@H](O)[C@@H]5O)[C@H](O)[C@@H](O)[C@@H]4O)[C@H](O)[C@@H](O[C@@H]4O[C@H](CO)[C@@H](O)[C@H](O)[C@H]4O)[C@@H]3O)[C@H](O)[C@@H](O[C@@H]3O[C@H](CO)[C@@H](O)[C@H](O)[C@H]3O)[C@@H]2O)O[C@H](CO)[C@@H](O)[C@@H]1O. The third kappa shape index (κ3) is 13.5. The van der Waals surface area contributed by atoms with Gasteiger partial charge in [0.2, 0.25) is 0 Å². The van der Waals surface area contributed by atoms with E-state index in [1.807, 2.05) is 0 Å². The van der Waals surface area contributed by atoms with Crippen molar-refractivity contribution in [2.75, 3.05) is 46.2 Å². The first kappa shape index (κ1) is 64.1. The fraction of sp³-hybridized carbons (Fsp3) is 1.00. The molecule has 24 N–H and O–H groups in total. The zero-order valence-electron chi connectivity index (χ0n) is 40.9. The van der Waals surface area contributed by atoms with E-state index in [1.165, 1.54) is 0 Å². The Morgan fingerprint density at radius 1 is 0.256 bits per heavy atom. The zero-order valence-corrected chi connectivity index (χ0v) is 40.9. The zero-order chi connectivity index (χ0) is 57.3. The molecule has 7 aliphatic heterocycles. The van der Waals surface area contributed by atoms with Crippen LogP contribution in [-0.2, 0) is 61.6 Å². The maximum Gasteiger partial charge on any atom is 0.187 e. The van der Waals surface area contributed by atoms with Crippen LogP contribution in [0.5, 0.6) is 0 Å². The lowest BCUT2D eigenvalue weighted by atomic mass is 9.96. The third-order valence-corrected chi connectivity index (χ3v) is 14.5. The number of hydrogen-bond donors (Lipinski definition) is 23. The molecule has 0 saturated carbocycles. The summed E-state index contributed by atoms with van der Waals surface area (Å²) in [4.78, 5) is 0. The lowest BCUT2D eigenvalue weighted by Gasteiger charge is -2.48. The van der Waals surface area contributed by atoms with E-state index in [1.54, 1.807) is 0 Å². The van der Waals surface area contributed by atoms with Gasteiger partial charge in [-0.25, -0.2) is 0 Å². The lowest BCUT2D eigenvalue weighted by Crippen LogP contribution is -2.66. The van der Waals surface area contributed by atoms with E-state index in [9.17, 15) is 112 Å². The topological polar surface area (TPSA) is 591 Å². The molecule has 7 saturated heterocycles. The van der Waals surface area contributed by atoms with E-state index in [-0.39, 0.29) is 0 Å². The van der Waals surface area contributed by atoms with Crippen LogP contribution in [0.4, 0.5) is 0 Å². The quantitative estimate of drug-likeness (QED) is 0.0571. The number of rotatable bonds is 19. The average Bonchev–Trinajstić information content (AvgIpc) is 3.53. The Balaban J connectivity index is 1.10. The number of aliphatic hydroxyl groups is 22. The highest BCUT2D eigenvalue weighted by molar-refractivity contribution is 4.99. The van der Waals surface area contributed by atoms with Gasteiger partial charge in [-0.3, -0.25) is 0 Å². The molecule has 1 unspecified atom stereocenters. The molecule has 0 radical (unpaired) electrons. The number of hydrogen-bond acceptors (Lipinski definition) is 36. The fourth-order valence-electron chi connectivity index (χ4n) is 9.62. The Bertz CT molecular complexity index is 1820. The molecule has 0 spiro atoms. The van der Waals surface area contributed by atoms with Gasteiger partial charge in [-0.05, 0) is 0 Å². The molecular weight excluding hydrogens is 1080 g/mol. The normalized spacial score (nSPS) is 53.5. The molecule has 456 valence electrons. The largest absolute Gasteiger partial charge is 0.394 e. The van der Waals surface area contributed by atoms with Gasteiger partial charge in [-0.1, -0.05) is 0 Å². The van der Waals surface area contributed by atoms with Crippen LogP contribution in [-0.4, -0.2) is 373 Å². The van der Waals surface area contributed by atoms with Crippen LogP contribution >= 0.6 is 0 Å². The van der Waals surface area contributed by atoms with E-state index < -0.39 is 261 Å². The van der Waals surface area contributed by atoms with Gasteiger partial charge in [0, 0.05) is 0 Å². The molecule has 0 bridgehead atoms. The van der Waals surface area contributed by atoms with Crippen LogP contribution in [0, 0.1) is 0 Å². The van der Waals surface area contributed by atoms with Crippen LogP contribution in [0.25, 0.3) is 0 Å². The van der Waals surface area contributed by atoms with E-state index >= 15 is 0 Å². The Hall–Kier alpha value is -1.44. The van der Waals surface area contributed by atoms with Gasteiger partial charge < -0.3 is 180 Å². The smallest absolute Gasteiger partial charge is 0.187 e. The molecule has 78 heavy (non-hydrogen) atoms. The van der Waals surface area contributed by atoms with E-state index in [0.717, 1.165) is 0 Å². The molecule has 7 fully saturated rings. The maximum absolute atomic E-state index is 11.7. The summed E-state index contributed by atoms with van der Waals surface area (Å²) in [7, 11) is 0. The number of ether oxygens (including phenoxy) is 13. The Labute approximate surface area is 440 Å². The molecule has 7 heterocycles. The predicted molar refractivity (Wildman–Crippen MR) is 234 cm³/mol. The van der Waals surface area contributed by atoms with Crippen molar-refractivity contribution in [2.24, 2.45) is 5.73 Å². The monoisotopic (exact) mass is 1150 g/mol. The third-order valence-electron chi connectivity index (χ3n) is 14.5. The van der Waals surface area contributed by atoms with E-state index in [0.29, 0.717) is 0 Å². The summed E-state index contributed by atoms with van der Waals surface area (Å²) in [6.07, 6.45) is -64.9. The summed E-state index contributed by atoms with van der Waals surface area (Å²) >= 11 is 0. The second-order valence-corrected chi connectivity index (χ2v) is 19.8. The molecule has 0 amide bonds. The summed E-state index contributed by atoms with van der Waals surface area (Å²) in [6, 6.07) is -1.48. The fourth-order valence-corrected chi connectivity index (χ4v) is 9.62. The van der Waals surface area contributed by atoms with Crippen LogP contribution in [0.1, 0.15) is 0 Å². The van der Waals surface area contributed by atoms with Crippen molar-refractivity contribution in [2.45, 2.75) is 215 Å². The molecule has 0 aromatic rings. The minimum absolute atomic E-state index is 0.767. The highest BCUT2D eigenvalue weighted by atomic mass is 16.8. The van der Waals surface area contributed by atoms with Gasteiger partial charge >= 0.3 is 0 Å². The van der Waals surface area contributed by atoms with Gasteiger partial charge in [0.25, 0.3) is 0 Å². The molecule has 0 aliphatic carbocycles. The number of nitrogens with two attached hydrogens (primary N) is 1. The highest BCUT2D eigenvalue weighted by Gasteiger charge is 2.56. The Morgan fingerprint density at radius 2 is 0.526 bits per heavy atom. The molecule has 7 rings (SSSR count). The molecule has 35 atom stereocenters. The average molecular weight is 1150 g/mol. The van der Waals surface area contributed by atoms with E-state index in [4.69, 9.17) is 67.3 Å². The van der Waals surface area contributed by atoms with Crippen molar-refractivity contribution in [3.8, 4) is 0 Å². The van der Waals surface area contributed by atoms with Crippen LogP contribution in [0.2, 0.25) is 0 Å². The van der Waals surface area contributed by atoms with Gasteiger partial charge in [-0.2, -0.15) is 0 Å². The van der Waals surface area contributed by atoms with Crippen LogP contribution in [0.3, 0.4) is 0 Å². The van der Waals surface area contributed by atoms with Crippen LogP contribution in [0.15, 0.2) is 0 Å². The van der Waals surface area contributed by atoms with Crippen molar-refractivity contribution in [1.82, 2.24) is 0 Å². The van der Waals surface area contributed by atoms with Gasteiger partial charge in [0.15, 0.2) is 44.0 Å². The van der Waals surface area contributed by atoms with Gasteiger partial charge in [0.1, 0.15) is 165 Å². The minimum Gasteiger partial charge on any atom is -0.394 e. The first-order chi connectivity index (χ1) is 36.8. The standard InChI is InChI=1S/C42H73NO35/c43-15-23(54)16(47)8(1-44)71-37(15)66-6-13-21(52)34(77-41-30(61)25(56)17(48)9(2-45)72-41)33(64)40(75-13)69-7-14-22(53)35(78-42-31(62)26(57)18(49)10(3-46)73-42)32(63)39(76-14)68-5-12-20(51)27(58)29(60)38(74-12)67-4-11-19(50)24(55)28(59)36(65)70-11/h8-42,44-65H,1-7,43H2/t8-,9-,10-,11-,12-,13-,14-,15-,16-,17-,18-,19-,20-,21-,22-,23-,24+,25+,26+,27+,28-,29-,30-,31-,32-,33-,34+,35+,36?,37-,38-,39-,40-,41+,42+/m1/s1. The summed E-state index contributed by atoms with van der Waals surface area (Å²) in [5, 5.41) is 232. The number of aliphatic hydroxyl groups excluding tert-OH is 22. The molecule has 7 aliphatic rings. The van der Waals surface area contributed by atoms with Crippen molar-refractivity contribution < 1.29 is 174 Å². The summed E-state index contributed by atoms with van der Waals surface area (Å²) in [5.41, 5.74) is 6.00. The molecule has 0 aromatic heterocycles. The Kier molecular flexibility index (Phi) is 22.6. The van der Waals surface area contributed by atoms with Crippen molar-refractivity contribution >= 4 is 0 Å². The van der Waals surface area contributed by atoms with Crippen LogP contribution < -0.4 is 5.73 Å². The summed E-state index contributed by atoms with van der Waals surface area (Å²) < 4.78 is 72.8. The lowest BCUT2D eigenvalue weighted by molar-refractivity contribution is -0.378. The predicted octanol–water partition coefficient (Wildman–Crippen LogP) is -16.3. The van der Waals surface area contributed by atoms with Crippen molar-refractivity contribution in [3.63, 3.8) is 0 Å². The second-order valence-electron chi connectivity index (χ2n) is 19.8. The molecule has 36 heteroatoms. The summed E-state index contributed by atoms with van der Waals surface area (Å²) in [5.74, 6) is 0. The first-order valence-corrected chi connectivity index (χ1v) is 24.7. The van der Waals surface area contributed by atoms with Crippen molar-refractivity contribution in [3.05, 3.63) is 0 Å². The minimum atomic E-state index is -2.20. The molecular formula is C42H73NO35. The van der Waals surface area contributed by atoms with Gasteiger partial charge in [0.05, 0.1) is 52.3 Å². The molecule has 36 nitrogen and oxygen atoms in total. The summed E-state index contributed by atoms with van der Waals surface area (Å²) in [6.45, 7) is -6.15. The Morgan fingerprint density at radius 3 is 0.910 bits per heavy atom. The maximum atomic E-state index is 11.7. The highest BCUT2D eigenvalue weighted by Crippen LogP contribution is 2.35. The van der Waals surface area contributed by atoms with Gasteiger partial charge in [-0.15, -0.1) is 0 Å². The van der Waals surface area contributed by atoms with Crippen molar-refractivity contribution in [1.29, 1.82) is 0 Å². The molecule has 0 aromatic carbocycles. The van der Waals surface area contributed by atoms with E-state index in [2.05, 4.69) is 0 Å². The second kappa shape index (κ2) is 27.5.